The third-order valence-corrected chi connectivity index (χ3v) is 4.96. The molecule has 0 amide bonds. The van der Waals surface area contributed by atoms with Gasteiger partial charge >= 0.3 is 0 Å². The number of aromatic nitrogens is 1. The highest BCUT2D eigenvalue weighted by atomic mass is 16.1. The number of anilines is 1. The summed E-state index contributed by atoms with van der Waals surface area (Å²) < 4.78 is 1.88. The largest absolute Gasteiger partial charge is 0.371 e. The number of nitrogens with zero attached hydrogens (tertiary/aromatic N) is 2. The molecule has 1 saturated carbocycles. The Bertz CT molecular complexity index is 579. The lowest BCUT2D eigenvalue weighted by Gasteiger charge is -2.28. The van der Waals surface area contributed by atoms with Gasteiger partial charge in [0, 0.05) is 24.8 Å². The summed E-state index contributed by atoms with van der Waals surface area (Å²) in [6.07, 6.45) is 8.78. The predicted molar refractivity (Wildman–Crippen MR) is 84.4 cm³/mol. The molecule has 3 rings (SSSR count). The summed E-state index contributed by atoms with van der Waals surface area (Å²) >= 11 is 0. The van der Waals surface area contributed by atoms with Crippen LogP contribution in [0.25, 0.3) is 0 Å². The van der Waals surface area contributed by atoms with E-state index < -0.39 is 0 Å². The Balaban J connectivity index is 2.06. The Hall–Kier alpha value is -1.58. The minimum Gasteiger partial charge on any atom is -0.371 e. The van der Waals surface area contributed by atoms with Crippen molar-refractivity contribution in [3.05, 3.63) is 27.7 Å². The van der Waals surface area contributed by atoms with E-state index in [1.54, 1.807) is 0 Å². The molecule has 1 aromatic heterocycles. The van der Waals surface area contributed by atoms with E-state index in [-0.39, 0.29) is 11.6 Å². The topological polar surface area (TPSA) is 42.3 Å². The fourth-order valence-corrected chi connectivity index (χ4v) is 3.87. The van der Waals surface area contributed by atoms with Crippen molar-refractivity contribution in [3.63, 3.8) is 0 Å². The fraction of sp³-hybridized carbons (Fsp3) is 0.647. The molecule has 1 saturated heterocycles. The summed E-state index contributed by atoms with van der Waals surface area (Å²) in [5.74, 6) is 0. The third-order valence-electron chi connectivity index (χ3n) is 4.96. The molecule has 1 aliphatic heterocycles. The van der Waals surface area contributed by atoms with E-state index >= 15 is 0 Å². The summed E-state index contributed by atoms with van der Waals surface area (Å²) in [5, 5.41) is 0. The number of aryl methyl sites for hydroxylation is 1. The van der Waals surface area contributed by atoms with Gasteiger partial charge in [-0.1, -0.05) is 19.3 Å². The summed E-state index contributed by atoms with van der Waals surface area (Å²) in [6.45, 7) is 3.91. The van der Waals surface area contributed by atoms with Crippen LogP contribution in [-0.2, 0) is 0 Å². The highest BCUT2D eigenvalue weighted by Crippen LogP contribution is 2.30. The van der Waals surface area contributed by atoms with Crippen LogP contribution < -0.4 is 10.5 Å². The number of aldehydes is 1. The Morgan fingerprint density at radius 2 is 1.76 bits per heavy atom. The Morgan fingerprint density at radius 3 is 2.38 bits per heavy atom. The van der Waals surface area contributed by atoms with Gasteiger partial charge in [-0.15, -0.1) is 0 Å². The molecule has 114 valence electrons. The second-order valence-corrected chi connectivity index (χ2v) is 6.36. The molecule has 4 nitrogen and oxygen atoms in total. The van der Waals surface area contributed by atoms with Crippen LogP contribution >= 0.6 is 0 Å². The quantitative estimate of drug-likeness (QED) is 0.803. The van der Waals surface area contributed by atoms with Crippen LogP contribution in [0.3, 0.4) is 0 Å². The van der Waals surface area contributed by atoms with E-state index in [0.29, 0.717) is 5.56 Å². The van der Waals surface area contributed by atoms with Crippen molar-refractivity contribution in [2.45, 2.75) is 57.9 Å². The zero-order valence-corrected chi connectivity index (χ0v) is 12.8. The van der Waals surface area contributed by atoms with Crippen molar-refractivity contribution in [2.24, 2.45) is 0 Å². The molecule has 21 heavy (non-hydrogen) atoms. The summed E-state index contributed by atoms with van der Waals surface area (Å²) in [4.78, 5) is 26.5. The summed E-state index contributed by atoms with van der Waals surface area (Å²) in [6, 6.07) is 2.32. The highest BCUT2D eigenvalue weighted by molar-refractivity contribution is 5.84. The van der Waals surface area contributed by atoms with Gasteiger partial charge in [-0.3, -0.25) is 9.59 Å². The minimum absolute atomic E-state index is 0.0844. The van der Waals surface area contributed by atoms with E-state index in [2.05, 4.69) is 4.90 Å². The average Bonchev–Trinajstić information content (AvgIpc) is 3.02. The van der Waals surface area contributed by atoms with Crippen LogP contribution in [0, 0.1) is 6.92 Å². The van der Waals surface area contributed by atoms with Gasteiger partial charge in [-0.2, -0.15) is 0 Å². The molecule has 0 bridgehead atoms. The molecule has 0 unspecified atom stereocenters. The molecular weight excluding hydrogens is 264 g/mol. The zero-order valence-electron chi connectivity index (χ0n) is 12.8. The number of pyridine rings is 1. The van der Waals surface area contributed by atoms with Crippen LogP contribution in [-0.4, -0.2) is 23.9 Å². The molecule has 1 aromatic rings. The molecule has 4 heteroatoms. The molecule has 0 N–H and O–H groups in total. The van der Waals surface area contributed by atoms with Gasteiger partial charge in [0.2, 0.25) is 0 Å². The molecule has 0 atom stereocenters. The van der Waals surface area contributed by atoms with Crippen molar-refractivity contribution in [3.8, 4) is 0 Å². The lowest BCUT2D eigenvalue weighted by molar-refractivity contribution is 0.112. The first-order valence-electron chi connectivity index (χ1n) is 8.18. The van der Waals surface area contributed by atoms with Crippen molar-refractivity contribution in [1.29, 1.82) is 0 Å². The lowest BCUT2D eigenvalue weighted by Crippen LogP contribution is -2.33. The van der Waals surface area contributed by atoms with Crippen LogP contribution in [0.1, 0.15) is 67.0 Å². The van der Waals surface area contributed by atoms with Gasteiger partial charge < -0.3 is 9.47 Å². The molecule has 0 spiro atoms. The first-order chi connectivity index (χ1) is 10.2. The number of carbonyl (C=O) groups is 1. The highest BCUT2D eigenvalue weighted by Gasteiger charge is 2.24. The Labute approximate surface area is 125 Å². The van der Waals surface area contributed by atoms with Gasteiger partial charge in [0.05, 0.1) is 5.69 Å². The van der Waals surface area contributed by atoms with E-state index in [1.165, 1.54) is 19.3 Å². The van der Waals surface area contributed by atoms with Gasteiger partial charge in [0.1, 0.15) is 5.56 Å². The van der Waals surface area contributed by atoms with E-state index in [9.17, 15) is 9.59 Å². The van der Waals surface area contributed by atoms with Gasteiger partial charge in [-0.05, 0) is 38.7 Å². The number of carbonyl (C=O) groups excluding carboxylic acids is 1. The first-order valence-corrected chi connectivity index (χ1v) is 8.18. The monoisotopic (exact) mass is 288 g/mol. The fourth-order valence-electron chi connectivity index (χ4n) is 3.87. The SMILES string of the molecule is Cc1cc(N2CCCC2)c(C=O)c(=O)n1C1CCCCC1. The van der Waals surface area contributed by atoms with Crippen LogP contribution in [0.4, 0.5) is 5.69 Å². The standard InChI is InChI=1S/C17H24N2O2/c1-13-11-16(18-9-5-6-10-18)15(12-20)17(21)19(13)14-7-3-2-4-8-14/h11-12,14H,2-10H2,1H3. The predicted octanol–water partition coefficient (Wildman–Crippen LogP) is 3.07. The second-order valence-electron chi connectivity index (χ2n) is 6.36. The molecule has 2 fully saturated rings. The maximum atomic E-state index is 12.8. The van der Waals surface area contributed by atoms with Crippen molar-refractivity contribution < 1.29 is 4.79 Å². The van der Waals surface area contributed by atoms with Gasteiger partial charge in [0.25, 0.3) is 5.56 Å². The van der Waals surface area contributed by atoms with E-state index in [0.717, 1.165) is 56.4 Å². The van der Waals surface area contributed by atoms with Crippen LogP contribution in [0.5, 0.6) is 0 Å². The summed E-state index contributed by atoms with van der Waals surface area (Å²) in [7, 11) is 0. The minimum atomic E-state index is -0.0844. The third kappa shape index (κ3) is 2.63. The number of rotatable bonds is 3. The molecule has 2 aliphatic rings. The maximum Gasteiger partial charge on any atom is 0.263 e. The van der Waals surface area contributed by atoms with Crippen LogP contribution in [0.15, 0.2) is 10.9 Å². The summed E-state index contributed by atoms with van der Waals surface area (Å²) in [5.41, 5.74) is 2.11. The van der Waals surface area contributed by atoms with Crippen molar-refractivity contribution in [1.82, 2.24) is 4.57 Å². The molecule has 1 aliphatic carbocycles. The Morgan fingerprint density at radius 1 is 1.10 bits per heavy atom. The van der Waals surface area contributed by atoms with Crippen molar-refractivity contribution in [2.75, 3.05) is 18.0 Å². The lowest BCUT2D eigenvalue weighted by atomic mass is 9.94. The van der Waals surface area contributed by atoms with Gasteiger partial charge in [0.15, 0.2) is 6.29 Å². The maximum absolute atomic E-state index is 12.8. The molecule has 0 radical (unpaired) electrons. The normalized spacial score (nSPS) is 20.0. The van der Waals surface area contributed by atoms with Gasteiger partial charge in [-0.25, -0.2) is 0 Å². The second kappa shape index (κ2) is 6.04. The average molecular weight is 288 g/mol. The van der Waals surface area contributed by atoms with Crippen LogP contribution in [0.2, 0.25) is 0 Å². The Kier molecular flexibility index (Phi) is 4.13. The molecule has 2 heterocycles. The van der Waals surface area contributed by atoms with E-state index in [1.807, 2.05) is 17.6 Å². The van der Waals surface area contributed by atoms with E-state index in [4.69, 9.17) is 0 Å². The molecule has 0 aromatic carbocycles. The smallest absolute Gasteiger partial charge is 0.263 e. The molecular formula is C17H24N2O2. The number of hydrogen-bond acceptors (Lipinski definition) is 3. The number of hydrogen-bond donors (Lipinski definition) is 0. The first kappa shape index (κ1) is 14.4. The van der Waals surface area contributed by atoms with Crippen molar-refractivity contribution >= 4 is 12.0 Å². The zero-order chi connectivity index (χ0) is 14.8.